The number of fused-ring (bicyclic) bond motifs is 2. The summed E-state index contributed by atoms with van der Waals surface area (Å²) in [5.41, 5.74) is 1.71. The van der Waals surface area contributed by atoms with Crippen LogP contribution >= 0.6 is 0 Å². The highest BCUT2D eigenvalue weighted by Gasteiger charge is 2.52. The SMILES string of the molecule is CC(C)NC(=O)N1CCC2(CC1)C(=O)N(CC1CCOC1)c1ccccc12. The molecule has 3 heterocycles. The number of nitrogens with one attached hydrogen (secondary N) is 1. The third-order valence-electron chi connectivity index (χ3n) is 6.15. The molecule has 0 bridgehead atoms. The first-order chi connectivity index (χ1) is 13.0. The molecular weight excluding hydrogens is 342 g/mol. The van der Waals surface area contributed by atoms with E-state index in [0.29, 0.717) is 31.8 Å². The first-order valence-electron chi connectivity index (χ1n) is 10.1. The van der Waals surface area contributed by atoms with Crippen LogP contribution in [0.15, 0.2) is 24.3 Å². The predicted octanol–water partition coefficient (Wildman–Crippen LogP) is 2.52. The number of nitrogens with zero attached hydrogens (tertiary/aromatic N) is 2. The Morgan fingerprint density at radius 3 is 2.70 bits per heavy atom. The molecule has 1 spiro atoms. The molecule has 0 aromatic heterocycles. The van der Waals surface area contributed by atoms with E-state index in [2.05, 4.69) is 17.4 Å². The van der Waals surface area contributed by atoms with E-state index in [0.717, 1.165) is 37.4 Å². The minimum absolute atomic E-state index is 0.0291. The monoisotopic (exact) mass is 371 g/mol. The standard InChI is InChI=1S/C21H29N3O3/c1-15(2)22-20(26)23-10-8-21(9-11-23)17-5-3-4-6-18(17)24(19(21)25)13-16-7-12-27-14-16/h3-6,15-16H,7-14H2,1-2H3,(H,22,26). The Bertz CT molecular complexity index is 719. The summed E-state index contributed by atoms with van der Waals surface area (Å²) in [6.45, 7) is 7.41. The van der Waals surface area contributed by atoms with E-state index >= 15 is 0 Å². The van der Waals surface area contributed by atoms with Gasteiger partial charge in [-0.2, -0.15) is 0 Å². The van der Waals surface area contributed by atoms with Crippen LogP contribution in [0, 0.1) is 5.92 Å². The molecule has 146 valence electrons. The predicted molar refractivity (Wildman–Crippen MR) is 104 cm³/mol. The number of benzene rings is 1. The number of anilines is 1. The van der Waals surface area contributed by atoms with E-state index in [1.54, 1.807) is 0 Å². The lowest BCUT2D eigenvalue weighted by Crippen LogP contribution is -2.53. The lowest BCUT2D eigenvalue weighted by atomic mass is 9.73. The van der Waals surface area contributed by atoms with Crippen molar-refractivity contribution in [2.24, 2.45) is 5.92 Å². The first-order valence-corrected chi connectivity index (χ1v) is 10.1. The number of hydrogen-bond acceptors (Lipinski definition) is 3. The second-order valence-corrected chi connectivity index (χ2v) is 8.34. The van der Waals surface area contributed by atoms with Crippen molar-refractivity contribution in [3.63, 3.8) is 0 Å². The van der Waals surface area contributed by atoms with Gasteiger partial charge in [0.1, 0.15) is 0 Å². The molecule has 3 aliphatic heterocycles. The van der Waals surface area contributed by atoms with Gasteiger partial charge in [0.05, 0.1) is 12.0 Å². The Morgan fingerprint density at radius 2 is 2.04 bits per heavy atom. The Morgan fingerprint density at radius 1 is 1.30 bits per heavy atom. The molecule has 0 aliphatic carbocycles. The van der Waals surface area contributed by atoms with Crippen LogP contribution in [0.3, 0.4) is 0 Å². The van der Waals surface area contributed by atoms with Crippen molar-refractivity contribution in [2.75, 3.05) is 37.7 Å². The fourth-order valence-electron chi connectivity index (χ4n) is 4.68. The fraction of sp³-hybridized carbons (Fsp3) is 0.619. The average Bonchev–Trinajstić information content (AvgIpc) is 3.25. The van der Waals surface area contributed by atoms with Gasteiger partial charge in [0.15, 0.2) is 0 Å². The lowest BCUT2D eigenvalue weighted by Gasteiger charge is -2.38. The Balaban J connectivity index is 1.54. The third-order valence-corrected chi connectivity index (χ3v) is 6.15. The van der Waals surface area contributed by atoms with Crippen LogP contribution in [0.4, 0.5) is 10.5 Å². The van der Waals surface area contributed by atoms with Gasteiger partial charge < -0.3 is 19.9 Å². The van der Waals surface area contributed by atoms with Crippen molar-refractivity contribution in [1.29, 1.82) is 0 Å². The van der Waals surface area contributed by atoms with Crippen molar-refractivity contribution in [3.8, 4) is 0 Å². The van der Waals surface area contributed by atoms with Gasteiger partial charge in [0.2, 0.25) is 5.91 Å². The third kappa shape index (κ3) is 3.20. The van der Waals surface area contributed by atoms with E-state index < -0.39 is 5.41 Å². The topological polar surface area (TPSA) is 61.9 Å². The molecule has 27 heavy (non-hydrogen) atoms. The van der Waals surface area contributed by atoms with Gasteiger partial charge in [-0.3, -0.25) is 4.79 Å². The van der Waals surface area contributed by atoms with Crippen molar-refractivity contribution in [1.82, 2.24) is 10.2 Å². The molecule has 4 rings (SSSR count). The summed E-state index contributed by atoms with van der Waals surface area (Å²) in [7, 11) is 0. The highest BCUT2D eigenvalue weighted by molar-refractivity contribution is 6.08. The summed E-state index contributed by atoms with van der Waals surface area (Å²) < 4.78 is 5.51. The van der Waals surface area contributed by atoms with Crippen LogP contribution in [0.2, 0.25) is 0 Å². The molecular formula is C21H29N3O3. The zero-order valence-electron chi connectivity index (χ0n) is 16.2. The van der Waals surface area contributed by atoms with Gasteiger partial charge >= 0.3 is 6.03 Å². The van der Waals surface area contributed by atoms with Gasteiger partial charge in [-0.05, 0) is 44.7 Å². The minimum atomic E-state index is -0.481. The summed E-state index contributed by atoms with van der Waals surface area (Å²) in [5, 5.41) is 2.96. The normalized spacial score (nSPS) is 24.0. The molecule has 1 aromatic rings. The molecule has 6 heteroatoms. The van der Waals surface area contributed by atoms with Gasteiger partial charge in [-0.15, -0.1) is 0 Å². The smallest absolute Gasteiger partial charge is 0.317 e. The molecule has 2 saturated heterocycles. The molecule has 0 saturated carbocycles. The van der Waals surface area contributed by atoms with Crippen molar-refractivity contribution in [3.05, 3.63) is 29.8 Å². The van der Waals surface area contributed by atoms with Crippen molar-refractivity contribution >= 4 is 17.6 Å². The quantitative estimate of drug-likeness (QED) is 0.888. The summed E-state index contributed by atoms with van der Waals surface area (Å²) >= 11 is 0. The Kier molecular flexibility index (Phi) is 4.84. The molecule has 0 radical (unpaired) electrons. The molecule has 1 N–H and O–H groups in total. The van der Waals surface area contributed by atoms with E-state index in [1.165, 1.54) is 0 Å². The second-order valence-electron chi connectivity index (χ2n) is 8.34. The highest BCUT2D eigenvalue weighted by atomic mass is 16.5. The van der Waals surface area contributed by atoms with Crippen LogP contribution in [0.1, 0.15) is 38.7 Å². The van der Waals surface area contributed by atoms with Crippen LogP contribution in [0.5, 0.6) is 0 Å². The largest absolute Gasteiger partial charge is 0.381 e. The van der Waals surface area contributed by atoms with E-state index in [1.807, 2.05) is 35.8 Å². The number of amides is 3. The van der Waals surface area contributed by atoms with Gasteiger partial charge in [0.25, 0.3) is 0 Å². The van der Waals surface area contributed by atoms with E-state index in [9.17, 15) is 9.59 Å². The number of hydrogen-bond donors (Lipinski definition) is 1. The van der Waals surface area contributed by atoms with Gasteiger partial charge in [0, 0.05) is 43.9 Å². The number of rotatable bonds is 3. The van der Waals surface area contributed by atoms with Gasteiger partial charge in [-0.1, -0.05) is 18.2 Å². The maximum Gasteiger partial charge on any atom is 0.317 e. The Hall–Kier alpha value is -2.08. The molecule has 1 aromatic carbocycles. The van der Waals surface area contributed by atoms with E-state index in [-0.39, 0.29) is 18.0 Å². The van der Waals surface area contributed by atoms with Gasteiger partial charge in [-0.25, -0.2) is 4.79 Å². The zero-order valence-corrected chi connectivity index (χ0v) is 16.2. The number of carbonyl (C=O) groups excluding carboxylic acids is 2. The average molecular weight is 371 g/mol. The fourth-order valence-corrected chi connectivity index (χ4v) is 4.68. The molecule has 1 unspecified atom stereocenters. The lowest BCUT2D eigenvalue weighted by molar-refractivity contribution is -0.124. The molecule has 1 atom stereocenters. The molecule has 6 nitrogen and oxygen atoms in total. The summed E-state index contributed by atoms with van der Waals surface area (Å²) in [4.78, 5) is 29.7. The number of para-hydroxylation sites is 1. The maximum absolute atomic E-state index is 13.5. The van der Waals surface area contributed by atoms with Crippen LogP contribution in [-0.4, -0.2) is 55.7 Å². The minimum Gasteiger partial charge on any atom is -0.381 e. The Labute approximate surface area is 160 Å². The second kappa shape index (κ2) is 7.15. The molecule has 3 amide bonds. The molecule has 3 aliphatic rings. The number of likely N-dealkylation sites (tertiary alicyclic amines) is 1. The van der Waals surface area contributed by atoms with Crippen LogP contribution < -0.4 is 10.2 Å². The number of carbonyl (C=O) groups is 2. The van der Waals surface area contributed by atoms with Crippen molar-refractivity contribution < 1.29 is 14.3 Å². The first kappa shape index (κ1) is 18.3. The summed E-state index contributed by atoms with van der Waals surface area (Å²) in [6.07, 6.45) is 2.39. The van der Waals surface area contributed by atoms with Crippen molar-refractivity contribution in [2.45, 2.75) is 44.6 Å². The van der Waals surface area contributed by atoms with Crippen LogP contribution in [0.25, 0.3) is 0 Å². The number of ether oxygens (including phenoxy) is 1. The zero-order chi connectivity index (χ0) is 19.0. The highest BCUT2D eigenvalue weighted by Crippen LogP contribution is 2.48. The van der Waals surface area contributed by atoms with Crippen LogP contribution in [-0.2, 0) is 14.9 Å². The van der Waals surface area contributed by atoms with E-state index in [4.69, 9.17) is 4.74 Å². The molecule has 2 fully saturated rings. The maximum atomic E-state index is 13.5. The number of piperidine rings is 1. The number of urea groups is 1. The summed E-state index contributed by atoms with van der Waals surface area (Å²) in [6, 6.07) is 8.28. The summed E-state index contributed by atoms with van der Waals surface area (Å²) in [5.74, 6) is 0.619.